The maximum absolute atomic E-state index is 12.1. The van der Waals surface area contributed by atoms with E-state index in [2.05, 4.69) is 20.7 Å². The summed E-state index contributed by atoms with van der Waals surface area (Å²) in [4.78, 5) is 10.2. The van der Waals surface area contributed by atoms with Crippen LogP contribution in [0.5, 0.6) is 11.5 Å². The Morgan fingerprint density at radius 2 is 1.80 bits per heavy atom. The van der Waals surface area contributed by atoms with Crippen LogP contribution in [0.25, 0.3) is 0 Å². The number of phenols is 1. The molecular formula is C14H11BrClF3N2O4. The van der Waals surface area contributed by atoms with Crippen molar-refractivity contribution in [2.75, 3.05) is 0 Å². The third kappa shape index (κ3) is 5.21. The molecule has 0 spiro atoms. The minimum Gasteiger partial charge on any atom is -0.502 e. The van der Waals surface area contributed by atoms with Gasteiger partial charge in [-0.15, -0.1) is 25.6 Å². The lowest BCUT2D eigenvalue weighted by atomic mass is 9.98. The number of rotatable bonds is 4. The summed E-state index contributed by atoms with van der Waals surface area (Å²) in [5.74, 6) is -1.03. The molecule has 11 heteroatoms. The summed E-state index contributed by atoms with van der Waals surface area (Å²) in [6.07, 6.45) is -4.81. The van der Waals surface area contributed by atoms with Gasteiger partial charge in [-0.25, -0.2) is 0 Å². The smallest absolute Gasteiger partial charge is 0.502 e. The molecule has 2 rings (SSSR count). The van der Waals surface area contributed by atoms with E-state index >= 15 is 0 Å². The Morgan fingerprint density at radius 3 is 2.28 bits per heavy atom. The molecule has 2 aromatic carbocycles. The zero-order chi connectivity index (χ0) is 18.1. The first-order valence-electron chi connectivity index (χ1n) is 6.36. The summed E-state index contributed by atoms with van der Waals surface area (Å²) in [5, 5.41) is 20.9. The van der Waals surface area contributed by atoms with Gasteiger partial charge < -0.3 is 15.6 Å². The van der Waals surface area contributed by atoms with Crippen LogP contribution in [0.1, 0.15) is 17.2 Å². The molecule has 0 bridgehead atoms. The predicted molar refractivity (Wildman–Crippen MR) is 88.9 cm³/mol. The first kappa shape index (κ1) is 21.0. The number of nitrogens with two attached hydrogens (primary N) is 1. The lowest BCUT2D eigenvalue weighted by molar-refractivity contribution is -0.386. The molecule has 0 heterocycles. The van der Waals surface area contributed by atoms with Crippen LogP contribution in [-0.4, -0.2) is 16.4 Å². The summed E-state index contributed by atoms with van der Waals surface area (Å²) < 4.78 is 40.5. The van der Waals surface area contributed by atoms with Crippen LogP contribution in [0.3, 0.4) is 0 Å². The highest BCUT2D eigenvalue weighted by Gasteiger charge is 2.31. The van der Waals surface area contributed by atoms with Crippen LogP contribution in [0.15, 0.2) is 40.9 Å². The Bertz CT molecular complexity index is 772. The summed E-state index contributed by atoms with van der Waals surface area (Å²) in [7, 11) is 0. The molecule has 0 amide bonds. The van der Waals surface area contributed by atoms with Gasteiger partial charge in [-0.2, -0.15) is 0 Å². The number of nitro groups is 1. The third-order valence-electron chi connectivity index (χ3n) is 3.09. The highest BCUT2D eigenvalue weighted by Crippen LogP contribution is 2.38. The SMILES string of the molecule is Cl.N[C@H](c1ccc(OC(F)(F)F)cc1)c1cc(Br)cc([N+](=O)[O-])c1O. The highest BCUT2D eigenvalue weighted by molar-refractivity contribution is 9.10. The lowest BCUT2D eigenvalue weighted by Gasteiger charge is -2.15. The van der Waals surface area contributed by atoms with Crippen LogP contribution in [0.4, 0.5) is 18.9 Å². The molecular weight excluding hydrogens is 433 g/mol. The molecule has 0 unspecified atom stereocenters. The third-order valence-corrected chi connectivity index (χ3v) is 3.55. The van der Waals surface area contributed by atoms with Gasteiger partial charge >= 0.3 is 12.0 Å². The van der Waals surface area contributed by atoms with E-state index < -0.39 is 34.5 Å². The average molecular weight is 444 g/mol. The number of hydrogen-bond acceptors (Lipinski definition) is 5. The topological polar surface area (TPSA) is 98.6 Å². The number of phenolic OH excluding ortho intramolecular Hbond substituents is 1. The van der Waals surface area contributed by atoms with E-state index in [4.69, 9.17) is 5.73 Å². The number of halogens is 5. The molecule has 25 heavy (non-hydrogen) atoms. The van der Waals surface area contributed by atoms with E-state index in [1.165, 1.54) is 18.2 Å². The van der Waals surface area contributed by atoms with Crippen LogP contribution in [-0.2, 0) is 0 Å². The van der Waals surface area contributed by atoms with Crippen molar-refractivity contribution in [3.63, 3.8) is 0 Å². The van der Waals surface area contributed by atoms with Gasteiger partial charge in [0.1, 0.15) is 5.75 Å². The molecule has 6 nitrogen and oxygen atoms in total. The van der Waals surface area contributed by atoms with Crippen molar-refractivity contribution in [1.29, 1.82) is 0 Å². The molecule has 3 N–H and O–H groups in total. The Labute approximate surface area is 154 Å². The first-order chi connectivity index (χ1) is 11.1. The molecule has 1 atom stereocenters. The number of nitro benzene ring substituents is 1. The van der Waals surface area contributed by atoms with Crippen LogP contribution < -0.4 is 10.5 Å². The monoisotopic (exact) mass is 442 g/mol. The minimum absolute atomic E-state index is 0. The van der Waals surface area contributed by atoms with Crippen molar-refractivity contribution in [2.45, 2.75) is 12.4 Å². The highest BCUT2D eigenvalue weighted by atomic mass is 79.9. The first-order valence-corrected chi connectivity index (χ1v) is 7.16. The van der Waals surface area contributed by atoms with Crippen molar-refractivity contribution in [3.05, 3.63) is 62.1 Å². The maximum atomic E-state index is 12.1. The van der Waals surface area contributed by atoms with Crippen molar-refractivity contribution in [1.82, 2.24) is 0 Å². The molecule has 0 saturated carbocycles. The standard InChI is InChI=1S/C14H10BrF3N2O4.ClH/c15-8-5-10(13(21)11(6-8)20(22)23)12(19)7-1-3-9(4-2-7)24-14(16,17)18;/h1-6,12,21H,19H2;1H/t12-;/m1./s1. The number of hydrogen-bond donors (Lipinski definition) is 2. The molecule has 0 saturated heterocycles. The van der Waals surface area contributed by atoms with Gasteiger partial charge in [0, 0.05) is 16.1 Å². The molecule has 136 valence electrons. The second-order valence-electron chi connectivity index (χ2n) is 4.71. The van der Waals surface area contributed by atoms with Gasteiger partial charge in [0.2, 0.25) is 0 Å². The van der Waals surface area contributed by atoms with Crippen molar-refractivity contribution < 1.29 is 27.9 Å². The van der Waals surface area contributed by atoms with Gasteiger partial charge in [0.25, 0.3) is 0 Å². The van der Waals surface area contributed by atoms with E-state index in [0.717, 1.165) is 18.2 Å². The zero-order valence-electron chi connectivity index (χ0n) is 12.2. The van der Waals surface area contributed by atoms with Crippen molar-refractivity contribution in [3.8, 4) is 11.5 Å². The molecule has 0 fully saturated rings. The van der Waals surface area contributed by atoms with Crippen LogP contribution >= 0.6 is 28.3 Å². The van der Waals surface area contributed by atoms with E-state index in [1.807, 2.05) is 0 Å². The molecule has 0 aromatic heterocycles. The Balaban J connectivity index is 0.00000312. The van der Waals surface area contributed by atoms with Crippen molar-refractivity contribution in [2.24, 2.45) is 5.73 Å². The summed E-state index contributed by atoms with van der Waals surface area (Å²) in [6, 6.07) is 6.20. The quantitative estimate of drug-likeness (QED) is 0.538. The summed E-state index contributed by atoms with van der Waals surface area (Å²) in [5.41, 5.74) is 5.83. The molecule has 0 aliphatic heterocycles. The predicted octanol–water partition coefficient (Wildman–Crippen LogP) is 4.43. The number of alkyl halides is 3. The number of aromatic hydroxyl groups is 1. The average Bonchev–Trinajstić information content (AvgIpc) is 2.47. The van der Waals surface area contributed by atoms with Crippen LogP contribution in [0.2, 0.25) is 0 Å². The molecule has 2 aromatic rings. The van der Waals surface area contributed by atoms with E-state index in [-0.39, 0.29) is 18.0 Å². The lowest BCUT2D eigenvalue weighted by Crippen LogP contribution is -2.17. The minimum atomic E-state index is -4.81. The van der Waals surface area contributed by atoms with Crippen LogP contribution in [0, 0.1) is 10.1 Å². The van der Waals surface area contributed by atoms with Gasteiger partial charge in [-0.3, -0.25) is 10.1 Å². The second kappa shape index (κ2) is 7.89. The number of benzene rings is 2. The Kier molecular flexibility index (Phi) is 6.63. The van der Waals surface area contributed by atoms with E-state index in [0.29, 0.717) is 10.0 Å². The Hall–Kier alpha value is -2.04. The maximum Gasteiger partial charge on any atom is 0.573 e. The number of ether oxygens (including phenoxy) is 1. The second-order valence-corrected chi connectivity index (χ2v) is 5.63. The van der Waals surface area contributed by atoms with Gasteiger partial charge in [-0.05, 0) is 23.8 Å². The Morgan fingerprint density at radius 1 is 1.24 bits per heavy atom. The van der Waals surface area contributed by atoms with Gasteiger partial charge in [0.05, 0.1) is 11.0 Å². The number of nitrogens with zero attached hydrogens (tertiary/aromatic N) is 1. The zero-order valence-corrected chi connectivity index (χ0v) is 14.6. The van der Waals surface area contributed by atoms with Gasteiger partial charge in [-0.1, -0.05) is 28.1 Å². The summed E-state index contributed by atoms with van der Waals surface area (Å²) in [6.45, 7) is 0. The normalized spacial score (nSPS) is 12.2. The fourth-order valence-corrected chi connectivity index (χ4v) is 2.50. The van der Waals surface area contributed by atoms with Crippen molar-refractivity contribution >= 4 is 34.0 Å². The van der Waals surface area contributed by atoms with Gasteiger partial charge in [0.15, 0.2) is 5.75 Å². The molecule has 0 radical (unpaired) electrons. The fourth-order valence-electron chi connectivity index (χ4n) is 2.04. The van der Waals surface area contributed by atoms with E-state index in [9.17, 15) is 28.4 Å². The fraction of sp³-hybridized carbons (Fsp3) is 0.143. The van der Waals surface area contributed by atoms with E-state index in [1.54, 1.807) is 0 Å². The molecule has 0 aliphatic rings. The summed E-state index contributed by atoms with van der Waals surface area (Å²) >= 11 is 3.08. The largest absolute Gasteiger partial charge is 0.573 e. The molecule has 0 aliphatic carbocycles.